The van der Waals surface area contributed by atoms with Crippen LogP contribution in [0.4, 0.5) is 0 Å². The van der Waals surface area contributed by atoms with Crippen molar-refractivity contribution in [2.45, 2.75) is 32.0 Å². The maximum absolute atomic E-state index is 12.4. The summed E-state index contributed by atoms with van der Waals surface area (Å²) in [5, 5.41) is 4.59. The number of benzene rings is 1. The average molecular weight is 333 g/mol. The topological polar surface area (TPSA) is 34.9 Å². The van der Waals surface area contributed by atoms with Crippen LogP contribution < -0.4 is 0 Å². The van der Waals surface area contributed by atoms with E-state index in [2.05, 4.69) is 34.9 Å². The van der Waals surface area contributed by atoms with Gasteiger partial charge < -0.3 is 0 Å². The second-order valence-electron chi connectivity index (χ2n) is 6.04. The number of para-hydroxylation sites is 1. The third kappa shape index (κ3) is 1.94. The molecule has 0 aliphatic heterocycles. The van der Waals surface area contributed by atoms with E-state index < -0.39 is 0 Å². The minimum Gasteiger partial charge on any atom is -0.294 e. The molecule has 1 aliphatic carbocycles. The summed E-state index contributed by atoms with van der Waals surface area (Å²) in [7, 11) is 0. The summed E-state index contributed by atoms with van der Waals surface area (Å²) >= 11 is 3.78. The van der Waals surface area contributed by atoms with Gasteiger partial charge >= 0.3 is 0 Å². The van der Waals surface area contributed by atoms with E-state index in [-0.39, 0.29) is 16.0 Å². The summed E-state index contributed by atoms with van der Waals surface area (Å²) in [6.45, 7) is 6.14. The van der Waals surface area contributed by atoms with Crippen molar-refractivity contribution < 1.29 is 4.79 Å². The number of nitrogens with zero attached hydrogens (tertiary/aromatic N) is 2. The molecular formula is C16H17BrN2O. The zero-order valence-corrected chi connectivity index (χ0v) is 13.4. The van der Waals surface area contributed by atoms with Gasteiger partial charge in [0.2, 0.25) is 0 Å². The zero-order chi connectivity index (χ0) is 14.5. The summed E-state index contributed by atoms with van der Waals surface area (Å²) in [6, 6.07) is 9.97. The van der Waals surface area contributed by atoms with E-state index in [1.165, 1.54) is 0 Å². The predicted molar refractivity (Wildman–Crippen MR) is 82.7 cm³/mol. The number of rotatable bonds is 1. The Hall–Kier alpha value is -1.42. The van der Waals surface area contributed by atoms with Crippen LogP contribution in [-0.4, -0.2) is 15.6 Å². The second kappa shape index (κ2) is 4.55. The number of carbonyl (C=O) groups excluding carboxylic acids is 1. The molecule has 0 saturated carbocycles. The molecule has 1 heterocycles. The summed E-state index contributed by atoms with van der Waals surface area (Å²) in [5.41, 5.74) is 3.47. The molecule has 3 rings (SSSR count). The van der Waals surface area contributed by atoms with Gasteiger partial charge in [0.15, 0.2) is 5.78 Å². The van der Waals surface area contributed by atoms with Crippen LogP contribution in [0.2, 0.25) is 0 Å². The van der Waals surface area contributed by atoms with Gasteiger partial charge in [0.1, 0.15) is 0 Å². The molecule has 0 spiro atoms. The molecule has 0 amide bonds. The molecule has 1 unspecified atom stereocenters. The average Bonchev–Trinajstić information content (AvgIpc) is 2.75. The quantitative estimate of drug-likeness (QED) is 0.732. The zero-order valence-electron chi connectivity index (χ0n) is 11.9. The summed E-state index contributed by atoms with van der Waals surface area (Å²) in [4.78, 5) is 12.6. The lowest BCUT2D eigenvalue weighted by atomic mass is 9.75. The molecule has 1 aromatic carbocycles. The lowest BCUT2D eigenvalue weighted by Gasteiger charge is -2.34. The van der Waals surface area contributed by atoms with Crippen LogP contribution >= 0.6 is 15.9 Å². The fourth-order valence-electron chi connectivity index (χ4n) is 2.85. The van der Waals surface area contributed by atoms with Gasteiger partial charge in [0.05, 0.1) is 27.5 Å². The van der Waals surface area contributed by atoms with Crippen LogP contribution in [0.5, 0.6) is 0 Å². The number of Topliss-reactive ketones (excluding diaryl/α,β-unsaturated/α-hetero) is 1. The van der Waals surface area contributed by atoms with Gasteiger partial charge in [-0.15, -0.1) is 0 Å². The maximum Gasteiger partial charge on any atom is 0.167 e. The highest BCUT2D eigenvalue weighted by Crippen LogP contribution is 2.49. The third-order valence-corrected chi connectivity index (χ3v) is 5.59. The van der Waals surface area contributed by atoms with Gasteiger partial charge in [-0.3, -0.25) is 4.79 Å². The minimum atomic E-state index is -0.108. The number of carbonyl (C=O) groups is 1. The Bertz CT molecular complexity index is 673. The van der Waals surface area contributed by atoms with Crippen LogP contribution in [0.1, 0.15) is 46.8 Å². The number of hydrogen-bond donors (Lipinski definition) is 0. The first kappa shape index (κ1) is 13.6. The van der Waals surface area contributed by atoms with Crippen LogP contribution in [0.15, 0.2) is 30.3 Å². The predicted octanol–water partition coefficient (Wildman–Crippen LogP) is 4.23. The Morgan fingerprint density at radius 3 is 2.60 bits per heavy atom. The molecule has 0 radical (unpaired) electrons. The summed E-state index contributed by atoms with van der Waals surface area (Å²) in [5.74, 6) is 0.195. The van der Waals surface area contributed by atoms with Gasteiger partial charge in [0.25, 0.3) is 0 Å². The Kier molecular flexibility index (Phi) is 3.09. The van der Waals surface area contributed by atoms with Gasteiger partial charge in [-0.2, -0.15) is 5.10 Å². The van der Waals surface area contributed by atoms with Crippen molar-refractivity contribution in [3.63, 3.8) is 0 Å². The lowest BCUT2D eigenvalue weighted by Crippen LogP contribution is -2.30. The second-order valence-corrected chi connectivity index (χ2v) is 6.96. The standard InChI is InChI=1S/C16H17BrN2O/c1-10-13-12(20)9-16(2,3)15(17)14(13)19(18-10)11-7-5-4-6-8-11/h4-8,15H,9H2,1-3H3. The third-order valence-electron chi connectivity index (χ3n) is 3.92. The van der Waals surface area contributed by atoms with Crippen LogP contribution in [0.3, 0.4) is 0 Å². The lowest BCUT2D eigenvalue weighted by molar-refractivity contribution is 0.0909. The Balaban J connectivity index is 2.26. The first-order chi connectivity index (χ1) is 9.42. The molecule has 1 atom stereocenters. The highest BCUT2D eigenvalue weighted by atomic mass is 79.9. The van der Waals surface area contributed by atoms with E-state index in [0.29, 0.717) is 6.42 Å². The summed E-state index contributed by atoms with van der Waals surface area (Å²) in [6.07, 6.45) is 0.553. The SMILES string of the molecule is Cc1nn(-c2ccccc2)c2c1C(=O)CC(C)(C)C2Br. The molecule has 0 bridgehead atoms. The number of aryl methyl sites for hydroxylation is 1. The molecule has 1 aliphatic rings. The molecule has 3 nitrogen and oxygen atoms in total. The normalized spacial score (nSPS) is 20.8. The number of fused-ring (bicyclic) bond motifs is 1. The summed E-state index contributed by atoms with van der Waals surface area (Å²) < 4.78 is 1.91. The molecule has 0 saturated heterocycles. The fourth-order valence-corrected chi connectivity index (χ4v) is 3.44. The smallest absolute Gasteiger partial charge is 0.167 e. The highest BCUT2D eigenvalue weighted by Gasteiger charge is 2.42. The molecule has 104 valence electrons. The van der Waals surface area contributed by atoms with E-state index in [1.54, 1.807) is 0 Å². The highest BCUT2D eigenvalue weighted by molar-refractivity contribution is 9.09. The van der Waals surface area contributed by atoms with Gasteiger partial charge in [-0.1, -0.05) is 48.0 Å². The molecule has 0 fully saturated rings. The van der Waals surface area contributed by atoms with Crippen LogP contribution in [0.25, 0.3) is 5.69 Å². The van der Waals surface area contributed by atoms with Crippen molar-refractivity contribution in [2.24, 2.45) is 5.41 Å². The van der Waals surface area contributed by atoms with Crippen molar-refractivity contribution >= 4 is 21.7 Å². The van der Waals surface area contributed by atoms with Crippen molar-refractivity contribution in [1.82, 2.24) is 9.78 Å². The molecule has 1 aromatic heterocycles. The van der Waals surface area contributed by atoms with Crippen molar-refractivity contribution in [3.05, 3.63) is 47.3 Å². The van der Waals surface area contributed by atoms with E-state index in [4.69, 9.17) is 0 Å². The Labute approximate surface area is 127 Å². The first-order valence-corrected chi connectivity index (χ1v) is 7.65. The van der Waals surface area contributed by atoms with Crippen LogP contribution in [0, 0.1) is 12.3 Å². The Morgan fingerprint density at radius 1 is 1.30 bits per heavy atom. The van der Waals surface area contributed by atoms with Gasteiger partial charge in [-0.05, 0) is 24.5 Å². The number of aromatic nitrogens is 2. The molecule has 0 N–H and O–H groups in total. The number of ketones is 1. The monoisotopic (exact) mass is 332 g/mol. The number of alkyl halides is 1. The maximum atomic E-state index is 12.4. The molecule has 2 aromatic rings. The number of halogens is 1. The van der Waals surface area contributed by atoms with Crippen molar-refractivity contribution in [2.75, 3.05) is 0 Å². The van der Waals surface area contributed by atoms with Gasteiger partial charge in [0, 0.05) is 6.42 Å². The molecular weight excluding hydrogens is 316 g/mol. The van der Waals surface area contributed by atoms with Crippen molar-refractivity contribution in [1.29, 1.82) is 0 Å². The number of hydrogen-bond acceptors (Lipinski definition) is 2. The Morgan fingerprint density at radius 2 is 1.95 bits per heavy atom. The van der Waals surface area contributed by atoms with Gasteiger partial charge in [-0.25, -0.2) is 4.68 Å². The van der Waals surface area contributed by atoms with Crippen molar-refractivity contribution in [3.8, 4) is 5.69 Å². The van der Waals surface area contributed by atoms with E-state index in [0.717, 1.165) is 22.6 Å². The minimum absolute atomic E-state index is 0.108. The molecule has 4 heteroatoms. The van der Waals surface area contributed by atoms with Crippen LogP contribution in [-0.2, 0) is 0 Å². The molecule has 20 heavy (non-hydrogen) atoms. The fraction of sp³-hybridized carbons (Fsp3) is 0.375. The largest absolute Gasteiger partial charge is 0.294 e. The van der Waals surface area contributed by atoms with E-state index in [1.807, 2.05) is 41.9 Å². The van der Waals surface area contributed by atoms with E-state index >= 15 is 0 Å². The first-order valence-electron chi connectivity index (χ1n) is 6.74. The van der Waals surface area contributed by atoms with E-state index in [9.17, 15) is 4.79 Å².